The molecule has 1 aromatic rings. The maximum Gasteiger partial charge on any atom is 0.407 e. The summed E-state index contributed by atoms with van der Waals surface area (Å²) in [7, 11) is 0. The lowest BCUT2D eigenvalue weighted by Gasteiger charge is -2.47. The molecule has 2 aliphatic heterocycles. The topological polar surface area (TPSA) is 226 Å². The molecule has 0 radical (unpaired) electrons. The number of ether oxygens (including phenoxy) is 5. The summed E-state index contributed by atoms with van der Waals surface area (Å²) in [4.78, 5) is 23.7. The Hall–Kier alpha value is -2.44. The number of nitrogens with one attached hydrogen (secondary N) is 2. The second kappa shape index (κ2) is 14.8. The van der Waals surface area contributed by atoms with E-state index >= 15 is 0 Å². The standard InChI is InChI=1S/C24H36N2O13/c1-12(29)26-16-18(31)21(39-23-20(33)19(32)17(30)14(9-27)37-23)15(10-28)38-22(16)35-8-7-25-24(34)36-11-13-5-3-2-4-6-13/h2-6,14-23,27-28,30-33H,7-11H2,1H3,(H,25,34)(H,26,29)/t14-,15-,16-,17+,18-,19+,20-,21-,22-,23+/m1/s1. The van der Waals surface area contributed by atoms with Gasteiger partial charge in [-0.3, -0.25) is 4.79 Å². The summed E-state index contributed by atoms with van der Waals surface area (Å²) in [6.07, 6.45) is -14.2. The van der Waals surface area contributed by atoms with Crippen LogP contribution in [0.4, 0.5) is 4.79 Å². The highest BCUT2D eigenvalue weighted by Crippen LogP contribution is 2.29. The first kappa shape index (κ1) is 31.1. The van der Waals surface area contributed by atoms with Gasteiger partial charge in [0.2, 0.25) is 5.91 Å². The Kier molecular flexibility index (Phi) is 11.8. The second-order valence-electron chi connectivity index (χ2n) is 9.10. The monoisotopic (exact) mass is 560 g/mol. The van der Waals surface area contributed by atoms with Gasteiger partial charge in [0.25, 0.3) is 0 Å². The molecule has 2 aliphatic rings. The Morgan fingerprint density at radius 3 is 2.21 bits per heavy atom. The molecule has 10 atom stereocenters. The highest BCUT2D eigenvalue weighted by molar-refractivity contribution is 5.73. The molecule has 0 unspecified atom stereocenters. The lowest BCUT2D eigenvalue weighted by atomic mass is 9.95. The zero-order valence-electron chi connectivity index (χ0n) is 21.2. The third-order valence-electron chi connectivity index (χ3n) is 6.23. The van der Waals surface area contributed by atoms with Crippen molar-refractivity contribution in [2.75, 3.05) is 26.4 Å². The van der Waals surface area contributed by atoms with E-state index in [0.717, 1.165) is 5.56 Å². The number of aliphatic hydroxyl groups is 6. The van der Waals surface area contributed by atoms with E-state index in [1.54, 1.807) is 12.1 Å². The summed E-state index contributed by atoms with van der Waals surface area (Å²) in [6, 6.07) is 7.85. The molecular weight excluding hydrogens is 524 g/mol. The third kappa shape index (κ3) is 8.28. The minimum atomic E-state index is -1.77. The Labute approximate surface area is 224 Å². The number of benzene rings is 1. The number of rotatable bonds is 11. The van der Waals surface area contributed by atoms with Gasteiger partial charge in [0.1, 0.15) is 55.4 Å². The molecule has 0 spiro atoms. The van der Waals surface area contributed by atoms with Crippen LogP contribution in [0.15, 0.2) is 30.3 Å². The molecule has 2 amide bonds. The van der Waals surface area contributed by atoms with E-state index in [1.165, 1.54) is 6.92 Å². The van der Waals surface area contributed by atoms with Crippen LogP contribution in [-0.2, 0) is 35.1 Å². The lowest BCUT2D eigenvalue weighted by Crippen LogP contribution is -2.67. The number of carbonyl (C=O) groups excluding carboxylic acids is 2. The van der Waals surface area contributed by atoms with Crippen LogP contribution in [0.1, 0.15) is 12.5 Å². The minimum Gasteiger partial charge on any atom is -0.445 e. The molecule has 0 aromatic heterocycles. The van der Waals surface area contributed by atoms with E-state index in [4.69, 9.17) is 23.7 Å². The number of hydrogen-bond donors (Lipinski definition) is 8. The predicted molar refractivity (Wildman–Crippen MR) is 129 cm³/mol. The van der Waals surface area contributed by atoms with Crippen molar-refractivity contribution in [1.29, 1.82) is 0 Å². The largest absolute Gasteiger partial charge is 0.445 e. The van der Waals surface area contributed by atoms with E-state index in [2.05, 4.69) is 10.6 Å². The van der Waals surface area contributed by atoms with Crippen LogP contribution in [0.5, 0.6) is 0 Å². The first-order valence-corrected chi connectivity index (χ1v) is 12.4. The molecule has 3 rings (SSSR count). The quantitative estimate of drug-likeness (QED) is 0.124. The molecule has 2 heterocycles. The smallest absolute Gasteiger partial charge is 0.407 e. The van der Waals surface area contributed by atoms with E-state index in [9.17, 15) is 40.2 Å². The summed E-state index contributed by atoms with van der Waals surface area (Å²) >= 11 is 0. The van der Waals surface area contributed by atoms with E-state index in [-0.39, 0.29) is 19.8 Å². The van der Waals surface area contributed by atoms with Crippen LogP contribution in [0.3, 0.4) is 0 Å². The Bertz CT molecular complexity index is 907. The summed E-state index contributed by atoms with van der Waals surface area (Å²) in [6.45, 7) is -0.245. The van der Waals surface area contributed by atoms with Gasteiger partial charge in [-0.15, -0.1) is 0 Å². The Balaban J connectivity index is 1.57. The fraction of sp³-hybridized carbons (Fsp3) is 0.667. The maximum atomic E-state index is 11.9. The molecular formula is C24H36N2O13. The third-order valence-corrected chi connectivity index (χ3v) is 6.23. The average molecular weight is 561 g/mol. The highest BCUT2D eigenvalue weighted by atomic mass is 16.7. The van der Waals surface area contributed by atoms with E-state index in [0.29, 0.717) is 0 Å². The van der Waals surface area contributed by atoms with Crippen LogP contribution in [0, 0.1) is 0 Å². The minimum absolute atomic E-state index is 0.00897. The number of hydrogen-bond acceptors (Lipinski definition) is 13. The average Bonchev–Trinajstić information content (AvgIpc) is 2.93. The van der Waals surface area contributed by atoms with Gasteiger partial charge in [-0.05, 0) is 5.56 Å². The molecule has 8 N–H and O–H groups in total. The molecule has 1 aromatic carbocycles. The fourth-order valence-electron chi connectivity index (χ4n) is 4.20. The van der Waals surface area contributed by atoms with Crippen LogP contribution >= 0.6 is 0 Å². The summed E-state index contributed by atoms with van der Waals surface area (Å²) < 4.78 is 27.4. The number of alkyl carbamates (subject to hydrolysis) is 1. The number of carbonyl (C=O) groups is 2. The van der Waals surface area contributed by atoms with Crippen molar-refractivity contribution in [2.45, 2.75) is 74.9 Å². The van der Waals surface area contributed by atoms with Crippen LogP contribution in [0.2, 0.25) is 0 Å². The molecule has 2 saturated heterocycles. The lowest BCUT2D eigenvalue weighted by molar-refractivity contribution is -0.348. The summed E-state index contributed by atoms with van der Waals surface area (Å²) in [5, 5.41) is 65.6. The van der Waals surface area contributed by atoms with E-state index < -0.39 is 86.6 Å². The first-order valence-electron chi connectivity index (χ1n) is 12.4. The number of aliphatic hydroxyl groups excluding tert-OH is 6. The van der Waals surface area contributed by atoms with Gasteiger partial charge < -0.3 is 65.0 Å². The summed E-state index contributed by atoms with van der Waals surface area (Å²) in [5.74, 6) is -0.548. The Morgan fingerprint density at radius 1 is 0.897 bits per heavy atom. The molecule has 15 heteroatoms. The summed E-state index contributed by atoms with van der Waals surface area (Å²) in [5.41, 5.74) is 0.808. The van der Waals surface area contributed by atoms with Crippen molar-refractivity contribution in [2.24, 2.45) is 0 Å². The highest BCUT2D eigenvalue weighted by Gasteiger charge is 2.51. The molecule has 0 bridgehead atoms. The van der Waals surface area contributed by atoms with E-state index in [1.807, 2.05) is 18.2 Å². The molecule has 39 heavy (non-hydrogen) atoms. The van der Waals surface area contributed by atoms with Crippen LogP contribution in [-0.4, -0.2) is 130 Å². The van der Waals surface area contributed by atoms with Gasteiger partial charge in [0.05, 0.1) is 19.8 Å². The fourth-order valence-corrected chi connectivity index (χ4v) is 4.20. The zero-order valence-corrected chi connectivity index (χ0v) is 21.2. The molecule has 0 aliphatic carbocycles. The molecule has 0 saturated carbocycles. The van der Waals surface area contributed by atoms with Crippen molar-refractivity contribution < 1.29 is 63.9 Å². The van der Waals surface area contributed by atoms with Crippen molar-refractivity contribution in [1.82, 2.24) is 10.6 Å². The van der Waals surface area contributed by atoms with Gasteiger partial charge >= 0.3 is 6.09 Å². The maximum absolute atomic E-state index is 11.9. The van der Waals surface area contributed by atoms with Gasteiger partial charge in [-0.2, -0.15) is 0 Å². The van der Waals surface area contributed by atoms with Crippen molar-refractivity contribution >= 4 is 12.0 Å². The van der Waals surface area contributed by atoms with Gasteiger partial charge in [0.15, 0.2) is 12.6 Å². The first-order chi connectivity index (χ1) is 18.7. The normalized spacial score (nSPS) is 34.7. The van der Waals surface area contributed by atoms with Gasteiger partial charge in [-0.1, -0.05) is 30.3 Å². The Morgan fingerprint density at radius 2 is 1.56 bits per heavy atom. The van der Waals surface area contributed by atoms with Crippen molar-refractivity contribution in [3.63, 3.8) is 0 Å². The van der Waals surface area contributed by atoms with Crippen LogP contribution in [0.25, 0.3) is 0 Å². The van der Waals surface area contributed by atoms with Gasteiger partial charge in [-0.25, -0.2) is 4.79 Å². The molecule has 15 nitrogen and oxygen atoms in total. The SMILES string of the molecule is CC(=O)N[C@H]1[C@H](OCCNC(=O)OCc2ccccc2)O[C@H](CO)[C@@H](O[C@@H]2O[C@H](CO)[C@H](O)[C@H](O)[C@H]2O)[C@@H]1O. The van der Waals surface area contributed by atoms with Crippen molar-refractivity contribution in [3.05, 3.63) is 35.9 Å². The van der Waals surface area contributed by atoms with Crippen LogP contribution < -0.4 is 10.6 Å². The molecule has 2 fully saturated rings. The van der Waals surface area contributed by atoms with Gasteiger partial charge in [0, 0.05) is 13.5 Å². The second-order valence-corrected chi connectivity index (χ2v) is 9.10. The number of amides is 2. The predicted octanol–water partition coefficient (Wildman–Crippen LogP) is -3.30. The zero-order chi connectivity index (χ0) is 28.5. The molecule has 220 valence electrons. The van der Waals surface area contributed by atoms with Crippen molar-refractivity contribution in [3.8, 4) is 0 Å².